The van der Waals surface area contributed by atoms with E-state index in [1.54, 1.807) is 0 Å². The van der Waals surface area contributed by atoms with Crippen LogP contribution < -0.4 is 27.0 Å². The Balaban J connectivity index is 1.36. The van der Waals surface area contributed by atoms with E-state index < -0.39 is 0 Å². The summed E-state index contributed by atoms with van der Waals surface area (Å²) in [6.07, 6.45) is 9.82. The minimum Gasteiger partial charge on any atom is -0.356 e. The normalized spacial score (nSPS) is 22.3. The van der Waals surface area contributed by atoms with E-state index in [1.807, 2.05) is 11.8 Å². The molecule has 2 rings (SSSR count). The van der Waals surface area contributed by atoms with Gasteiger partial charge in [-0.2, -0.15) is 11.8 Å². The molecule has 8 nitrogen and oxygen atoms in total. The van der Waals surface area contributed by atoms with Gasteiger partial charge in [-0.15, -0.1) is 0 Å². The van der Waals surface area contributed by atoms with Crippen molar-refractivity contribution < 1.29 is 14.4 Å². The summed E-state index contributed by atoms with van der Waals surface area (Å²) in [5.41, 5.74) is 5.44. The Morgan fingerprint density at radius 2 is 1.53 bits per heavy atom. The summed E-state index contributed by atoms with van der Waals surface area (Å²) in [4.78, 5) is 35.0. The molecule has 172 valence electrons. The van der Waals surface area contributed by atoms with Crippen LogP contribution in [0.5, 0.6) is 0 Å². The standard InChI is InChI=1S/C21H39N5O3S/c22-12-6-2-8-14-24-18(27)10-3-1-7-13-23-19(28)11-5-4-9-17-20-16(15-30-17)25-21(29)26-20/h16-17,20H,1-15,22H2,(H,23,28)(H,24,27)(H2,25,26,29)/t16-,17-,20-/m0/s1. The molecule has 2 heterocycles. The quantitative estimate of drug-likeness (QED) is 0.184. The molecule has 6 N–H and O–H groups in total. The Hall–Kier alpha value is -1.48. The zero-order valence-electron chi connectivity index (χ0n) is 18.0. The second kappa shape index (κ2) is 14.5. The lowest BCUT2D eigenvalue weighted by atomic mass is 10.0. The van der Waals surface area contributed by atoms with E-state index in [4.69, 9.17) is 5.73 Å². The fraction of sp³-hybridized carbons (Fsp3) is 0.857. The second-order valence-corrected chi connectivity index (χ2v) is 9.50. The molecule has 30 heavy (non-hydrogen) atoms. The summed E-state index contributed by atoms with van der Waals surface area (Å²) in [6, 6.07) is 0.464. The molecule has 0 aromatic heterocycles. The van der Waals surface area contributed by atoms with Crippen LogP contribution in [0.15, 0.2) is 0 Å². The highest BCUT2D eigenvalue weighted by atomic mass is 32.2. The lowest BCUT2D eigenvalue weighted by Gasteiger charge is -2.16. The summed E-state index contributed by atoms with van der Waals surface area (Å²) in [5.74, 6) is 1.20. The minimum absolute atomic E-state index is 0.0476. The zero-order chi connectivity index (χ0) is 21.6. The van der Waals surface area contributed by atoms with Gasteiger partial charge in [0, 0.05) is 36.9 Å². The van der Waals surface area contributed by atoms with Crippen LogP contribution in [0.4, 0.5) is 4.79 Å². The number of nitrogens with two attached hydrogens (primary N) is 1. The largest absolute Gasteiger partial charge is 0.356 e. The molecule has 2 saturated heterocycles. The average Bonchev–Trinajstić information content (AvgIpc) is 3.27. The van der Waals surface area contributed by atoms with Crippen LogP contribution in [0.25, 0.3) is 0 Å². The maximum Gasteiger partial charge on any atom is 0.315 e. The van der Waals surface area contributed by atoms with Crippen molar-refractivity contribution in [3.8, 4) is 0 Å². The van der Waals surface area contributed by atoms with E-state index in [9.17, 15) is 14.4 Å². The maximum absolute atomic E-state index is 11.9. The number of carbonyl (C=O) groups is 3. The van der Waals surface area contributed by atoms with Crippen LogP contribution in [0.3, 0.4) is 0 Å². The van der Waals surface area contributed by atoms with Gasteiger partial charge in [-0.05, 0) is 45.1 Å². The van der Waals surface area contributed by atoms with Gasteiger partial charge >= 0.3 is 6.03 Å². The van der Waals surface area contributed by atoms with Crippen molar-refractivity contribution in [2.75, 3.05) is 25.4 Å². The maximum atomic E-state index is 11.9. The van der Waals surface area contributed by atoms with Gasteiger partial charge in [0.25, 0.3) is 0 Å². The molecule has 4 amide bonds. The Kier molecular flexibility index (Phi) is 12.0. The molecule has 0 saturated carbocycles. The van der Waals surface area contributed by atoms with E-state index in [1.165, 1.54) is 0 Å². The number of rotatable bonds is 16. The number of carbonyl (C=O) groups excluding carboxylic acids is 3. The van der Waals surface area contributed by atoms with Gasteiger partial charge in [0.2, 0.25) is 11.8 Å². The van der Waals surface area contributed by atoms with Gasteiger partial charge in [-0.1, -0.05) is 19.3 Å². The SMILES string of the molecule is NCCCCCNC(=O)CCCCCNC(=O)CCCC[C@@H]1SC[C@@H]2NC(=O)N[C@@H]21. The molecule has 0 aromatic carbocycles. The van der Waals surface area contributed by atoms with Crippen molar-refractivity contribution in [2.45, 2.75) is 88.0 Å². The van der Waals surface area contributed by atoms with Crippen LogP contribution in [0.2, 0.25) is 0 Å². The summed E-state index contributed by atoms with van der Waals surface area (Å²) >= 11 is 1.92. The topological polar surface area (TPSA) is 125 Å². The lowest BCUT2D eigenvalue weighted by molar-refractivity contribution is -0.122. The van der Waals surface area contributed by atoms with Gasteiger partial charge in [-0.3, -0.25) is 9.59 Å². The Labute approximate surface area is 184 Å². The van der Waals surface area contributed by atoms with Gasteiger partial charge in [0.1, 0.15) is 0 Å². The van der Waals surface area contributed by atoms with E-state index in [0.29, 0.717) is 31.2 Å². The molecule has 0 aromatic rings. The Morgan fingerprint density at radius 3 is 2.20 bits per heavy atom. The summed E-state index contributed by atoms with van der Waals surface area (Å²) < 4.78 is 0. The van der Waals surface area contributed by atoms with Crippen LogP contribution in [-0.4, -0.2) is 60.6 Å². The third-order valence-electron chi connectivity index (χ3n) is 5.69. The van der Waals surface area contributed by atoms with Gasteiger partial charge in [0.15, 0.2) is 0 Å². The lowest BCUT2D eigenvalue weighted by Crippen LogP contribution is -2.36. The highest BCUT2D eigenvalue weighted by molar-refractivity contribution is 8.00. The van der Waals surface area contributed by atoms with Crippen molar-refractivity contribution in [3.05, 3.63) is 0 Å². The molecular weight excluding hydrogens is 402 g/mol. The van der Waals surface area contributed by atoms with E-state index in [-0.39, 0.29) is 29.9 Å². The number of fused-ring (bicyclic) bond motifs is 1. The molecule has 2 aliphatic heterocycles. The van der Waals surface area contributed by atoms with Crippen molar-refractivity contribution >= 4 is 29.6 Å². The molecule has 2 aliphatic rings. The Morgan fingerprint density at radius 1 is 0.900 bits per heavy atom. The smallest absolute Gasteiger partial charge is 0.315 e. The number of thioether (sulfide) groups is 1. The first kappa shape index (κ1) is 24.8. The minimum atomic E-state index is -0.0476. The molecule has 2 fully saturated rings. The molecule has 3 atom stereocenters. The molecule has 0 unspecified atom stereocenters. The number of amides is 4. The number of hydrogen-bond acceptors (Lipinski definition) is 5. The van der Waals surface area contributed by atoms with Crippen molar-refractivity contribution in [3.63, 3.8) is 0 Å². The second-order valence-electron chi connectivity index (χ2n) is 8.23. The summed E-state index contributed by atoms with van der Waals surface area (Å²) in [7, 11) is 0. The molecule has 0 bridgehead atoms. The Bertz CT molecular complexity index is 549. The molecule has 0 spiro atoms. The van der Waals surface area contributed by atoms with Crippen molar-refractivity contribution in [1.82, 2.24) is 21.3 Å². The van der Waals surface area contributed by atoms with Crippen LogP contribution in [0.1, 0.15) is 70.6 Å². The first-order valence-electron chi connectivity index (χ1n) is 11.5. The highest BCUT2D eigenvalue weighted by Gasteiger charge is 2.42. The third kappa shape index (κ3) is 9.55. The predicted octanol–water partition coefficient (Wildman–Crippen LogP) is 1.63. The first-order chi connectivity index (χ1) is 14.6. The summed E-state index contributed by atoms with van der Waals surface area (Å²) in [6.45, 7) is 2.13. The van der Waals surface area contributed by atoms with Crippen molar-refractivity contribution in [1.29, 1.82) is 0 Å². The highest BCUT2D eigenvalue weighted by Crippen LogP contribution is 2.33. The third-order valence-corrected chi connectivity index (χ3v) is 7.20. The van der Waals surface area contributed by atoms with Crippen LogP contribution in [0, 0.1) is 0 Å². The monoisotopic (exact) mass is 441 g/mol. The number of urea groups is 1. The molecule has 9 heteroatoms. The molecular formula is C21H39N5O3S. The number of unbranched alkanes of at least 4 members (excludes halogenated alkanes) is 5. The van der Waals surface area contributed by atoms with E-state index in [0.717, 1.165) is 70.1 Å². The molecule has 0 aliphatic carbocycles. The van der Waals surface area contributed by atoms with E-state index >= 15 is 0 Å². The van der Waals surface area contributed by atoms with Crippen LogP contribution >= 0.6 is 11.8 Å². The first-order valence-corrected chi connectivity index (χ1v) is 12.6. The van der Waals surface area contributed by atoms with Gasteiger partial charge in [-0.25, -0.2) is 4.79 Å². The van der Waals surface area contributed by atoms with Crippen molar-refractivity contribution in [2.24, 2.45) is 5.73 Å². The number of nitrogens with one attached hydrogen (secondary N) is 4. The molecule has 0 radical (unpaired) electrons. The number of hydrogen-bond donors (Lipinski definition) is 5. The zero-order valence-corrected chi connectivity index (χ0v) is 18.9. The predicted molar refractivity (Wildman–Crippen MR) is 121 cm³/mol. The van der Waals surface area contributed by atoms with Gasteiger partial charge < -0.3 is 27.0 Å². The summed E-state index contributed by atoms with van der Waals surface area (Å²) in [5, 5.41) is 12.3. The van der Waals surface area contributed by atoms with Crippen LogP contribution in [-0.2, 0) is 9.59 Å². The fourth-order valence-electron chi connectivity index (χ4n) is 3.94. The average molecular weight is 442 g/mol. The van der Waals surface area contributed by atoms with Gasteiger partial charge in [0.05, 0.1) is 12.1 Å². The fourth-order valence-corrected chi connectivity index (χ4v) is 5.48. The van der Waals surface area contributed by atoms with E-state index in [2.05, 4.69) is 21.3 Å².